The van der Waals surface area contributed by atoms with E-state index in [4.69, 9.17) is 0 Å². The highest BCUT2D eigenvalue weighted by Gasteiger charge is 2.11. The Morgan fingerprint density at radius 1 is 0.800 bits per heavy atom. The van der Waals surface area contributed by atoms with Gasteiger partial charge in [0.2, 0.25) is 0 Å². The normalized spacial score (nSPS) is 11.2. The zero-order chi connectivity index (χ0) is 14.1. The molecular weight excluding hydrogens is 244 g/mol. The molecule has 0 atom stereocenters. The number of benzene rings is 3. The van der Waals surface area contributed by atoms with Crippen LogP contribution in [0.25, 0.3) is 21.9 Å². The van der Waals surface area contributed by atoms with Crippen molar-refractivity contribution in [1.29, 1.82) is 0 Å². The van der Waals surface area contributed by atoms with Gasteiger partial charge in [0.15, 0.2) is 0 Å². The van der Waals surface area contributed by atoms with Gasteiger partial charge in [0.1, 0.15) is 5.75 Å². The van der Waals surface area contributed by atoms with Crippen molar-refractivity contribution in [2.75, 3.05) is 0 Å². The second kappa shape index (κ2) is 5.01. The van der Waals surface area contributed by atoms with Gasteiger partial charge in [-0.2, -0.15) is 0 Å². The molecule has 0 aliphatic heterocycles. The van der Waals surface area contributed by atoms with E-state index in [1.165, 1.54) is 16.5 Å². The van der Waals surface area contributed by atoms with Crippen molar-refractivity contribution in [2.45, 2.75) is 19.8 Å². The first-order valence-corrected chi connectivity index (χ1v) is 6.98. The van der Waals surface area contributed by atoms with Crippen LogP contribution in [-0.4, -0.2) is 5.11 Å². The fourth-order valence-corrected chi connectivity index (χ4v) is 2.76. The average molecular weight is 262 g/mol. The molecule has 0 bridgehead atoms. The summed E-state index contributed by atoms with van der Waals surface area (Å²) in [6, 6.07) is 20.6. The van der Waals surface area contributed by atoms with E-state index in [-0.39, 0.29) is 0 Å². The maximum absolute atomic E-state index is 10.1. The topological polar surface area (TPSA) is 20.2 Å². The van der Waals surface area contributed by atoms with E-state index in [0.717, 1.165) is 10.9 Å². The molecule has 0 heterocycles. The number of rotatable bonds is 2. The van der Waals surface area contributed by atoms with Crippen molar-refractivity contribution in [3.63, 3.8) is 0 Å². The van der Waals surface area contributed by atoms with Crippen molar-refractivity contribution in [3.05, 3.63) is 66.2 Å². The van der Waals surface area contributed by atoms with Gasteiger partial charge in [-0.1, -0.05) is 62.4 Å². The second-order valence-electron chi connectivity index (χ2n) is 5.46. The van der Waals surface area contributed by atoms with Crippen LogP contribution in [-0.2, 0) is 0 Å². The van der Waals surface area contributed by atoms with Gasteiger partial charge in [0.25, 0.3) is 0 Å². The Balaban J connectivity index is 2.21. The Morgan fingerprint density at radius 3 is 2.25 bits per heavy atom. The Hall–Kier alpha value is -2.28. The first-order chi connectivity index (χ1) is 9.66. The molecule has 3 rings (SSSR count). The molecule has 100 valence electrons. The van der Waals surface area contributed by atoms with Gasteiger partial charge in [-0.3, -0.25) is 0 Å². The summed E-state index contributed by atoms with van der Waals surface area (Å²) in [6.45, 7) is 4.22. The molecule has 3 aromatic rings. The van der Waals surface area contributed by atoms with Gasteiger partial charge in [-0.25, -0.2) is 0 Å². The van der Waals surface area contributed by atoms with Crippen LogP contribution in [0.5, 0.6) is 5.75 Å². The molecule has 0 amide bonds. The third-order valence-electron chi connectivity index (χ3n) is 3.72. The predicted octanol–water partition coefficient (Wildman–Crippen LogP) is 5.34. The monoisotopic (exact) mass is 262 g/mol. The molecule has 0 unspecified atom stereocenters. The lowest BCUT2D eigenvalue weighted by Gasteiger charge is -2.13. The molecule has 3 aromatic carbocycles. The van der Waals surface area contributed by atoms with Crippen LogP contribution in [0.1, 0.15) is 25.3 Å². The van der Waals surface area contributed by atoms with E-state index in [2.05, 4.69) is 56.3 Å². The third kappa shape index (κ3) is 2.16. The highest BCUT2D eigenvalue weighted by Crippen LogP contribution is 2.35. The Kier molecular flexibility index (Phi) is 3.19. The van der Waals surface area contributed by atoms with Gasteiger partial charge >= 0.3 is 0 Å². The van der Waals surface area contributed by atoms with E-state index in [1.54, 1.807) is 6.07 Å². The number of hydrogen-bond acceptors (Lipinski definition) is 1. The molecule has 0 fully saturated rings. The summed E-state index contributed by atoms with van der Waals surface area (Å²) in [5.74, 6) is 0.696. The number of phenols is 1. The van der Waals surface area contributed by atoms with E-state index in [0.29, 0.717) is 11.7 Å². The Morgan fingerprint density at radius 2 is 1.55 bits per heavy atom. The summed E-state index contributed by atoms with van der Waals surface area (Å²) in [5, 5.41) is 12.4. The molecule has 1 heteroatoms. The number of phenolic OH excluding ortho intramolecular Hbond substituents is 1. The van der Waals surface area contributed by atoms with Gasteiger partial charge in [-0.05, 0) is 39.9 Å². The Bertz CT molecular complexity index is 742. The lowest BCUT2D eigenvalue weighted by molar-refractivity contribution is 0.466. The van der Waals surface area contributed by atoms with Crippen LogP contribution in [0.15, 0.2) is 60.7 Å². The van der Waals surface area contributed by atoms with Crippen LogP contribution in [0.2, 0.25) is 0 Å². The number of fused-ring (bicyclic) bond motifs is 1. The minimum Gasteiger partial charge on any atom is -0.508 e. The summed E-state index contributed by atoms with van der Waals surface area (Å²) in [7, 11) is 0. The zero-order valence-electron chi connectivity index (χ0n) is 11.8. The maximum Gasteiger partial charge on any atom is 0.119 e. The maximum atomic E-state index is 10.1. The van der Waals surface area contributed by atoms with Gasteiger partial charge in [0, 0.05) is 5.56 Å². The van der Waals surface area contributed by atoms with Gasteiger partial charge in [-0.15, -0.1) is 0 Å². The van der Waals surface area contributed by atoms with E-state index < -0.39 is 0 Å². The standard InChI is InChI=1S/C19H18O/c1-13(2)19-17-10-8-15(14-6-4-3-5-7-14)12-16(17)9-11-18(19)20/h3-13,20H,1-2H3. The summed E-state index contributed by atoms with van der Waals surface area (Å²) >= 11 is 0. The van der Waals surface area contributed by atoms with Gasteiger partial charge < -0.3 is 5.11 Å². The molecule has 1 N–H and O–H groups in total. The van der Waals surface area contributed by atoms with Crippen LogP contribution in [0, 0.1) is 0 Å². The average Bonchev–Trinajstić information content (AvgIpc) is 2.47. The van der Waals surface area contributed by atoms with E-state index in [1.807, 2.05) is 12.1 Å². The van der Waals surface area contributed by atoms with E-state index in [9.17, 15) is 5.11 Å². The highest BCUT2D eigenvalue weighted by molar-refractivity contribution is 5.91. The van der Waals surface area contributed by atoms with Crippen LogP contribution in [0.4, 0.5) is 0 Å². The first kappa shape index (κ1) is 12.7. The fourth-order valence-electron chi connectivity index (χ4n) is 2.76. The molecule has 0 radical (unpaired) electrons. The summed E-state index contributed by atoms with van der Waals surface area (Å²) < 4.78 is 0. The number of hydrogen-bond donors (Lipinski definition) is 1. The Labute approximate surface area is 119 Å². The lowest BCUT2D eigenvalue weighted by atomic mass is 9.93. The highest BCUT2D eigenvalue weighted by atomic mass is 16.3. The zero-order valence-corrected chi connectivity index (χ0v) is 11.8. The van der Waals surface area contributed by atoms with Crippen molar-refractivity contribution < 1.29 is 5.11 Å². The van der Waals surface area contributed by atoms with Crippen molar-refractivity contribution >= 4 is 10.8 Å². The largest absolute Gasteiger partial charge is 0.508 e. The van der Waals surface area contributed by atoms with Gasteiger partial charge in [0.05, 0.1) is 0 Å². The molecule has 0 spiro atoms. The van der Waals surface area contributed by atoms with Crippen LogP contribution >= 0.6 is 0 Å². The molecule has 20 heavy (non-hydrogen) atoms. The van der Waals surface area contributed by atoms with Crippen LogP contribution in [0.3, 0.4) is 0 Å². The third-order valence-corrected chi connectivity index (χ3v) is 3.72. The molecule has 1 nitrogen and oxygen atoms in total. The predicted molar refractivity (Wildman–Crippen MR) is 85.1 cm³/mol. The molecule has 0 saturated heterocycles. The molecule has 0 saturated carbocycles. The van der Waals surface area contributed by atoms with Crippen LogP contribution < -0.4 is 0 Å². The van der Waals surface area contributed by atoms with Crippen molar-refractivity contribution in [3.8, 4) is 16.9 Å². The van der Waals surface area contributed by atoms with Crippen molar-refractivity contribution in [2.24, 2.45) is 0 Å². The molecular formula is C19H18O. The SMILES string of the molecule is CC(C)c1c(O)ccc2cc(-c3ccccc3)ccc12. The smallest absolute Gasteiger partial charge is 0.119 e. The fraction of sp³-hybridized carbons (Fsp3) is 0.158. The number of aromatic hydroxyl groups is 1. The van der Waals surface area contributed by atoms with E-state index >= 15 is 0 Å². The molecule has 0 aliphatic rings. The summed E-state index contributed by atoms with van der Waals surface area (Å²) in [6.07, 6.45) is 0. The summed E-state index contributed by atoms with van der Waals surface area (Å²) in [4.78, 5) is 0. The summed E-state index contributed by atoms with van der Waals surface area (Å²) in [5.41, 5.74) is 3.45. The first-order valence-electron chi connectivity index (χ1n) is 6.98. The molecule has 0 aromatic heterocycles. The lowest BCUT2D eigenvalue weighted by Crippen LogP contribution is -1.91. The minimum atomic E-state index is 0.307. The van der Waals surface area contributed by atoms with Crippen molar-refractivity contribution in [1.82, 2.24) is 0 Å². The second-order valence-corrected chi connectivity index (χ2v) is 5.46. The quantitative estimate of drug-likeness (QED) is 0.661. The minimum absolute atomic E-state index is 0.307. The molecule has 0 aliphatic carbocycles.